The second-order valence-corrected chi connectivity index (χ2v) is 4.15. The first kappa shape index (κ1) is 18.3. The topological polar surface area (TPSA) is 65.2 Å². The standard InChI is InChI=1S/C10H10Cl2F2N2O2.ClH/c1-2-18-9(17)10(13,14)8(15)7-5(11)3-16-4-6(7)12;/h3-4,8H,2,15H2,1H3;1H/t8-;/m1./s1. The second kappa shape index (κ2) is 7.19. The normalized spacial score (nSPS) is 12.5. The quantitative estimate of drug-likeness (QED) is 0.859. The molecule has 1 aromatic heterocycles. The summed E-state index contributed by atoms with van der Waals surface area (Å²) in [6.07, 6.45) is 2.23. The molecule has 19 heavy (non-hydrogen) atoms. The molecule has 0 aromatic carbocycles. The van der Waals surface area contributed by atoms with E-state index in [1.807, 2.05) is 0 Å². The molecular formula is C10H11Cl3F2N2O2. The highest BCUT2D eigenvalue weighted by molar-refractivity contribution is 6.35. The van der Waals surface area contributed by atoms with Crippen molar-refractivity contribution in [2.75, 3.05) is 6.61 Å². The molecule has 0 amide bonds. The van der Waals surface area contributed by atoms with Gasteiger partial charge in [-0.15, -0.1) is 12.4 Å². The summed E-state index contributed by atoms with van der Waals surface area (Å²) in [7, 11) is 0. The smallest absolute Gasteiger partial charge is 0.379 e. The number of nitrogens with two attached hydrogens (primary N) is 1. The molecule has 0 bridgehead atoms. The molecule has 1 heterocycles. The summed E-state index contributed by atoms with van der Waals surface area (Å²) in [6.45, 7) is 1.23. The Kier molecular flexibility index (Phi) is 6.93. The predicted octanol–water partition coefficient (Wildman–Crippen LogP) is 3.01. The number of hydrogen-bond acceptors (Lipinski definition) is 4. The molecule has 0 saturated heterocycles. The van der Waals surface area contributed by atoms with Gasteiger partial charge in [-0.1, -0.05) is 23.2 Å². The van der Waals surface area contributed by atoms with Crippen LogP contribution >= 0.6 is 35.6 Å². The van der Waals surface area contributed by atoms with Gasteiger partial charge in [-0.05, 0) is 6.92 Å². The maximum absolute atomic E-state index is 13.7. The zero-order valence-electron chi connectivity index (χ0n) is 9.70. The number of hydrogen-bond donors (Lipinski definition) is 1. The van der Waals surface area contributed by atoms with Crippen molar-refractivity contribution in [2.45, 2.75) is 18.9 Å². The van der Waals surface area contributed by atoms with Gasteiger partial charge in [-0.2, -0.15) is 8.78 Å². The lowest BCUT2D eigenvalue weighted by Crippen LogP contribution is -2.42. The Morgan fingerprint density at radius 2 is 1.95 bits per heavy atom. The number of nitrogens with zero attached hydrogens (tertiary/aromatic N) is 1. The number of rotatable bonds is 4. The highest BCUT2D eigenvalue weighted by Crippen LogP contribution is 2.37. The average molecular weight is 336 g/mol. The lowest BCUT2D eigenvalue weighted by atomic mass is 10.0. The molecule has 0 fully saturated rings. The fourth-order valence-corrected chi connectivity index (χ4v) is 1.85. The number of ether oxygens (including phenoxy) is 1. The largest absolute Gasteiger partial charge is 0.462 e. The molecule has 2 N–H and O–H groups in total. The van der Waals surface area contributed by atoms with Gasteiger partial charge in [-0.25, -0.2) is 4.79 Å². The van der Waals surface area contributed by atoms with Crippen molar-refractivity contribution in [1.29, 1.82) is 0 Å². The number of pyridine rings is 1. The number of carbonyl (C=O) groups excluding carboxylic acids is 1. The van der Waals surface area contributed by atoms with E-state index in [1.165, 1.54) is 6.92 Å². The third-order valence-corrected chi connectivity index (χ3v) is 2.74. The molecular weight excluding hydrogens is 324 g/mol. The van der Waals surface area contributed by atoms with Crippen LogP contribution in [0.5, 0.6) is 0 Å². The van der Waals surface area contributed by atoms with Crippen LogP contribution in [0.15, 0.2) is 12.4 Å². The van der Waals surface area contributed by atoms with Crippen molar-refractivity contribution >= 4 is 41.6 Å². The number of halogens is 5. The molecule has 4 nitrogen and oxygen atoms in total. The first-order valence-corrected chi connectivity index (χ1v) is 5.67. The Bertz CT molecular complexity index is 440. The van der Waals surface area contributed by atoms with Gasteiger partial charge in [0.05, 0.1) is 16.7 Å². The maximum atomic E-state index is 13.7. The molecule has 108 valence electrons. The molecule has 0 aliphatic carbocycles. The summed E-state index contributed by atoms with van der Waals surface area (Å²) in [5, 5.41) is -0.280. The molecule has 0 radical (unpaired) electrons. The van der Waals surface area contributed by atoms with Gasteiger partial charge in [-0.3, -0.25) is 4.98 Å². The minimum absolute atomic E-state index is 0. The van der Waals surface area contributed by atoms with Crippen molar-refractivity contribution in [3.05, 3.63) is 28.0 Å². The van der Waals surface area contributed by atoms with Crippen molar-refractivity contribution in [1.82, 2.24) is 4.98 Å². The summed E-state index contributed by atoms with van der Waals surface area (Å²) < 4.78 is 31.7. The summed E-state index contributed by atoms with van der Waals surface area (Å²) in [4.78, 5) is 14.8. The van der Waals surface area contributed by atoms with E-state index in [1.54, 1.807) is 0 Å². The number of esters is 1. The highest BCUT2D eigenvalue weighted by Gasteiger charge is 2.49. The van der Waals surface area contributed by atoms with Crippen LogP contribution in [-0.2, 0) is 9.53 Å². The van der Waals surface area contributed by atoms with E-state index in [2.05, 4.69) is 9.72 Å². The lowest BCUT2D eigenvalue weighted by Gasteiger charge is -2.23. The van der Waals surface area contributed by atoms with Crippen LogP contribution in [0.2, 0.25) is 10.0 Å². The molecule has 9 heteroatoms. The first-order valence-electron chi connectivity index (χ1n) is 4.91. The zero-order chi connectivity index (χ0) is 13.9. The van der Waals surface area contributed by atoms with Crippen molar-refractivity contribution in [2.24, 2.45) is 5.73 Å². The van der Waals surface area contributed by atoms with Crippen LogP contribution in [0.4, 0.5) is 8.78 Å². The molecule has 0 saturated carbocycles. The van der Waals surface area contributed by atoms with E-state index in [4.69, 9.17) is 28.9 Å². The fourth-order valence-electron chi connectivity index (χ4n) is 1.25. The van der Waals surface area contributed by atoms with Crippen molar-refractivity contribution in [3.63, 3.8) is 0 Å². The van der Waals surface area contributed by atoms with Crippen LogP contribution in [0.1, 0.15) is 18.5 Å². The van der Waals surface area contributed by atoms with E-state index < -0.39 is 17.9 Å². The van der Waals surface area contributed by atoms with Gasteiger partial charge in [0.15, 0.2) is 0 Å². The number of aromatic nitrogens is 1. The van der Waals surface area contributed by atoms with Gasteiger partial charge >= 0.3 is 11.9 Å². The number of carbonyl (C=O) groups is 1. The first-order chi connectivity index (χ1) is 8.32. The van der Waals surface area contributed by atoms with Crippen LogP contribution in [0, 0.1) is 0 Å². The Morgan fingerprint density at radius 1 is 1.47 bits per heavy atom. The highest BCUT2D eigenvalue weighted by atomic mass is 35.5. The Labute approximate surface area is 124 Å². The lowest BCUT2D eigenvalue weighted by molar-refractivity contribution is -0.174. The molecule has 0 aliphatic rings. The van der Waals surface area contributed by atoms with Crippen LogP contribution in [-0.4, -0.2) is 23.5 Å². The van der Waals surface area contributed by atoms with Gasteiger partial charge in [0.1, 0.15) is 6.04 Å². The summed E-state index contributed by atoms with van der Waals surface area (Å²) in [5.74, 6) is -5.65. The summed E-state index contributed by atoms with van der Waals surface area (Å²) >= 11 is 11.4. The molecule has 0 spiro atoms. The molecule has 1 rings (SSSR count). The SMILES string of the molecule is CCOC(=O)C(F)(F)[C@H](N)c1c(Cl)cncc1Cl.Cl. The Hall–Kier alpha value is -0.690. The van der Waals surface area contributed by atoms with E-state index in [-0.39, 0.29) is 34.6 Å². The molecule has 1 atom stereocenters. The van der Waals surface area contributed by atoms with Crippen LogP contribution in [0.25, 0.3) is 0 Å². The molecule has 1 aromatic rings. The Morgan fingerprint density at radius 3 is 2.37 bits per heavy atom. The van der Waals surface area contributed by atoms with Gasteiger partial charge < -0.3 is 10.5 Å². The summed E-state index contributed by atoms with van der Waals surface area (Å²) in [6, 6.07) is -2.00. The second-order valence-electron chi connectivity index (χ2n) is 3.34. The molecule has 0 unspecified atom stereocenters. The van der Waals surface area contributed by atoms with Gasteiger partial charge in [0, 0.05) is 18.0 Å². The van der Waals surface area contributed by atoms with E-state index >= 15 is 0 Å². The average Bonchev–Trinajstić information content (AvgIpc) is 2.28. The minimum atomic E-state index is -3.93. The third-order valence-electron chi connectivity index (χ3n) is 2.14. The predicted molar refractivity (Wildman–Crippen MR) is 70.0 cm³/mol. The zero-order valence-corrected chi connectivity index (χ0v) is 12.0. The fraction of sp³-hybridized carbons (Fsp3) is 0.400. The molecule has 0 aliphatic heterocycles. The van der Waals surface area contributed by atoms with E-state index in [0.717, 1.165) is 12.4 Å². The third kappa shape index (κ3) is 3.89. The van der Waals surface area contributed by atoms with E-state index in [9.17, 15) is 13.6 Å². The van der Waals surface area contributed by atoms with Gasteiger partial charge in [0.25, 0.3) is 0 Å². The monoisotopic (exact) mass is 334 g/mol. The van der Waals surface area contributed by atoms with E-state index in [0.29, 0.717) is 0 Å². The number of alkyl halides is 2. The van der Waals surface area contributed by atoms with Gasteiger partial charge in [0.2, 0.25) is 0 Å². The maximum Gasteiger partial charge on any atom is 0.379 e. The summed E-state index contributed by atoms with van der Waals surface area (Å²) in [5.41, 5.74) is 5.11. The van der Waals surface area contributed by atoms with Crippen molar-refractivity contribution < 1.29 is 18.3 Å². The Balaban J connectivity index is 0.00000324. The van der Waals surface area contributed by atoms with Crippen LogP contribution in [0.3, 0.4) is 0 Å². The van der Waals surface area contributed by atoms with Crippen LogP contribution < -0.4 is 5.73 Å². The van der Waals surface area contributed by atoms with Crippen molar-refractivity contribution in [3.8, 4) is 0 Å². The minimum Gasteiger partial charge on any atom is -0.462 e.